The minimum Gasteiger partial charge on any atom is -0.426 e. The molecule has 1 rings (SSSR count). The van der Waals surface area contributed by atoms with Crippen molar-refractivity contribution in [2.75, 3.05) is 6.54 Å². The molecule has 0 saturated heterocycles. The highest BCUT2D eigenvalue weighted by Gasteiger charge is 2.23. The van der Waals surface area contributed by atoms with E-state index in [1.807, 2.05) is 20.8 Å². The number of carbonyl (C=O) groups excluding carboxylic acids is 2. The number of esters is 1. The second-order valence-corrected chi connectivity index (χ2v) is 7.91. The Hall–Kier alpha value is -2.04. The van der Waals surface area contributed by atoms with Crippen LogP contribution >= 0.6 is 0 Å². The average Bonchev–Trinajstić information content (AvgIpc) is 2.52. The quantitative estimate of drug-likeness (QED) is 0.155. The fraction of sp³-hybridized carbons (Fsp3) is 0.619. The molecule has 0 aromatic carbocycles. The number of carbonyl (C=O) groups is 2. The van der Waals surface area contributed by atoms with Crippen molar-refractivity contribution in [2.45, 2.75) is 65.7 Å². The SMILES string of the molecule is C=C(C=O)/C=C(\C=C(/CN=O)C(C)(C)C)OC(=O)C1CCCCCCC1. The monoisotopic (exact) mass is 361 g/mol. The Balaban J connectivity index is 3.03. The summed E-state index contributed by atoms with van der Waals surface area (Å²) in [6.45, 7) is 9.47. The highest BCUT2D eigenvalue weighted by Crippen LogP contribution is 2.28. The summed E-state index contributed by atoms with van der Waals surface area (Å²) in [5.74, 6) is -0.165. The lowest BCUT2D eigenvalue weighted by Crippen LogP contribution is -2.19. The number of hydrogen-bond donors (Lipinski definition) is 0. The van der Waals surface area contributed by atoms with Gasteiger partial charge < -0.3 is 4.74 Å². The maximum atomic E-state index is 12.6. The molecule has 5 heteroatoms. The van der Waals surface area contributed by atoms with E-state index in [-0.39, 0.29) is 35.2 Å². The van der Waals surface area contributed by atoms with E-state index in [4.69, 9.17) is 4.74 Å². The lowest BCUT2D eigenvalue weighted by Gasteiger charge is -2.22. The zero-order chi connectivity index (χ0) is 19.6. The van der Waals surface area contributed by atoms with Gasteiger partial charge in [-0.1, -0.05) is 64.6 Å². The lowest BCUT2D eigenvalue weighted by molar-refractivity contribution is -0.144. The van der Waals surface area contributed by atoms with E-state index in [9.17, 15) is 14.5 Å². The molecule has 0 aromatic rings. The van der Waals surface area contributed by atoms with Gasteiger partial charge in [-0.2, -0.15) is 4.91 Å². The van der Waals surface area contributed by atoms with Crippen LogP contribution in [-0.2, 0) is 14.3 Å². The smallest absolute Gasteiger partial charge is 0.314 e. The molecule has 1 fully saturated rings. The Morgan fingerprint density at radius 2 is 1.69 bits per heavy atom. The number of nitroso groups, excluding NO2 is 1. The van der Waals surface area contributed by atoms with Crippen molar-refractivity contribution in [2.24, 2.45) is 16.5 Å². The van der Waals surface area contributed by atoms with Crippen molar-refractivity contribution in [3.8, 4) is 0 Å². The molecule has 0 atom stereocenters. The van der Waals surface area contributed by atoms with Gasteiger partial charge in [-0.25, -0.2) is 0 Å². The van der Waals surface area contributed by atoms with Gasteiger partial charge in [-0.3, -0.25) is 9.59 Å². The summed E-state index contributed by atoms with van der Waals surface area (Å²) in [6.07, 6.45) is 10.9. The number of ether oxygens (including phenoxy) is 1. The minimum absolute atomic E-state index is 0.00458. The first-order valence-corrected chi connectivity index (χ1v) is 9.35. The Kier molecular flexibility index (Phi) is 9.17. The van der Waals surface area contributed by atoms with Gasteiger partial charge >= 0.3 is 5.97 Å². The fourth-order valence-corrected chi connectivity index (χ4v) is 2.95. The van der Waals surface area contributed by atoms with Gasteiger partial charge in [0.2, 0.25) is 0 Å². The number of aldehydes is 1. The molecule has 0 aromatic heterocycles. The van der Waals surface area contributed by atoms with Gasteiger partial charge in [0.15, 0.2) is 0 Å². The van der Waals surface area contributed by atoms with Gasteiger partial charge in [0.05, 0.1) is 5.92 Å². The molecule has 0 heterocycles. The fourth-order valence-electron chi connectivity index (χ4n) is 2.95. The molecule has 0 amide bonds. The summed E-state index contributed by atoms with van der Waals surface area (Å²) in [6, 6.07) is 0. The largest absolute Gasteiger partial charge is 0.426 e. The molecule has 26 heavy (non-hydrogen) atoms. The first-order valence-electron chi connectivity index (χ1n) is 9.35. The molecule has 0 N–H and O–H groups in total. The average molecular weight is 361 g/mol. The third-order valence-corrected chi connectivity index (χ3v) is 4.65. The van der Waals surface area contributed by atoms with Crippen LogP contribution in [-0.4, -0.2) is 18.8 Å². The van der Waals surface area contributed by atoms with Crippen molar-refractivity contribution >= 4 is 12.3 Å². The highest BCUT2D eigenvalue weighted by molar-refractivity contribution is 5.78. The first kappa shape index (κ1) is 22.0. The van der Waals surface area contributed by atoms with E-state index in [0.29, 0.717) is 6.29 Å². The van der Waals surface area contributed by atoms with Gasteiger partial charge in [0.25, 0.3) is 0 Å². The molecule has 0 radical (unpaired) electrons. The van der Waals surface area contributed by atoms with E-state index < -0.39 is 0 Å². The van der Waals surface area contributed by atoms with Crippen molar-refractivity contribution in [1.82, 2.24) is 0 Å². The van der Waals surface area contributed by atoms with E-state index in [0.717, 1.165) is 44.1 Å². The van der Waals surface area contributed by atoms with Crippen LogP contribution in [0.25, 0.3) is 0 Å². The van der Waals surface area contributed by atoms with E-state index in [1.165, 1.54) is 12.5 Å². The summed E-state index contributed by atoms with van der Waals surface area (Å²) < 4.78 is 5.61. The minimum atomic E-state index is -0.317. The number of allylic oxidation sites excluding steroid dienone is 3. The lowest BCUT2D eigenvalue weighted by atomic mass is 9.86. The molecule has 0 unspecified atom stereocenters. The third kappa shape index (κ3) is 7.89. The standard InChI is InChI=1S/C21H31NO4/c1-16(15-23)12-19(13-18(14-22-25)21(2,3)4)26-20(24)17-10-8-6-5-7-9-11-17/h12-13,15,17H,1,5-11,14H2,2-4H3/b18-13+,19-12+. The second kappa shape index (κ2) is 10.8. The molecular weight excluding hydrogens is 330 g/mol. The molecule has 1 aliphatic carbocycles. The molecule has 0 bridgehead atoms. The van der Waals surface area contributed by atoms with Crippen LogP contribution in [0.4, 0.5) is 0 Å². The predicted octanol–water partition coefficient (Wildman–Crippen LogP) is 5.27. The normalized spacial score (nSPS) is 17.8. The summed E-state index contributed by atoms with van der Waals surface area (Å²) >= 11 is 0. The van der Waals surface area contributed by atoms with Crippen LogP contribution in [0.1, 0.15) is 65.7 Å². The van der Waals surface area contributed by atoms with Crippen LogP contribution in [0.3, 0.4) is 0 Å². The second-order valence-electron chi connectivity index (χ2n) is 7.91. The van der Waals surface area contributed by atoms with Crippen LogP contribution in [0.15, 0.2) is 40.8 Å². The van der Waals surface area contributed by atoms with Crippen molar-refractivity contribution < 1.29 is 14.3 Å². The first-order chi connectivity index (χ1) is 12.3. The summed E-state index contributed by atoms with van der Waals surface area (Å²) in [5.41, 5.74) is 0.610. The number of hydrogen-bond acceptors (Lipinski definition) is 5. The predicted molar refractivity (Wildman–Crippen MR) is 103 cm³/mol. The van der Waals surface area contributed by atoms with Crippen molar-refractivity contribution in [3.63, 3.8) is 0 Å². The van der Waals surface area contributed by atoms with E-state index >= 15 is 0 Å². The van der Waals surface area contributed by atoms with Crippen LogP contribution in [0.5, 0.6) is 0 Å². The van der Waals surface area contributed by atoms with Gasteiger partial charge in [-0.15, -0.1) is 0 Å². The Labute approximate surface area is 156 Å². The molecule has 144 valence electrons. The van der Waals surface area contributed by atoms with Crippen LogP contribution < -0.4 is 0 Å². The molecular formula is C21H31NO4. The van der Waals surface area contributed by atoms with Crippen LogP contribution in [0.2, 0.25) is 0 Å². The zero-order valence-corrected chi connectivity index (χ0v) is 16.3. The van der Waals surface area contributed by atoms with Gasteiger partial charge in [0.1, 0.15) is 18.6 Å². The topological polar surface area (TPSA) is 72.8 Å². The Morgan fingerprint density at radius 3 is 2.19 bits per heavy atom. The molecule has 0 aliphatic heterocycles. The summed E-state index contributed by atoms with van der Waals surface area (Å²) in [7, 11) is 0. The van der Waals surface area contributed by atoms with Gasteiger partial charge in [-0.05, 0) is 36.0 Å². The maximum Gasteiger partial charge on any atom is 0.314 e. The van der Waals surface area contributed by atoms with Gasteiger partial charge in [0, 0.05) is 5.57 Å². The molecule has 0 spiro atoms. The van der Waals surface area contributed by atoms with E-state index in [2.05, 4.69) is 11.8 Å². The highest BCUT2D eigenvalue weighted by atomic mass is 16.5. The Morgan fingerprint density at radius 1 is 1.12 bits per heavy atom. The summed E-state index contributed by atoms with van der Waals surface area (Å²) in [5, 5.41) is 2.97. The Bertz CT molecular complexity index is 573. The van der Waals surface area contributed by atoms with E-state index in [1.54, 1.807) is 6.08 Å². The number of rotatable bonds is 7. The maximum absolute atomic E-state index is 12.6. The molecule has 5 nitrogen and oxygen atoms in total. The third-order valence-electron chi connectivity index (χ3n) is 4.65. The van der Waals surface area contributed by atoms with Crippen molar-refractivity contribution in [3.05, 3.63) is 40.5 Å². The molecule has 1 aliphatic rings. The summed E-state index contributed by atoms with van der Waals surface area (Å²) in [4.78, 5) is 34.4. The number of nitrogens with zero attached hydrogens (tertiary/aromatic N) is 1. The molecule has 1 saturated carbocycles. The van der Waals surface area contributed by atoms with Crippen LogP contribution in [0, 0.1) is 16.2 Å². The zero-order valence-electron chi connectivity index (χ0n) is 16.3. The van der Waals surface area contributed by atoms with Crippen molar-refractivity contribution in [1.29, 1.82) is 0 Å².